The first-order valence-electron chi connectivity index (χ1n) is 7.30. The molecule has 0 spiro atoms. The lowest BCUT2D eigenvalue weighted by Crippen LogP contribution is -2.28. The zero-order valence-corrected chi connectivity index (χ0v) is 12.0. The van der Waals surface area contributed by atoms with Crippen LogP contribution in [0.3, 0.4) is 0 Å². The van der Waals surface area contributed by atoms with Crippen molar-refractivity contribution in [2.45, 2.75) is 51.5 Å². The van der Waals surface area contributed by atoms with Gasteiger partial charge >= 0.3 is 0 Å². The molecule has 0 aliphatic heterocycles. The van der Waals surface area contributed by atoms with E-state index in [9.17, 15) is 0 Å². The van der Waals surface area contributed by atoms with Crippen molar-refractivity contribution < 1.29 is 0 Å². The van der Waals surface area contributed by atoms with Crippen LogP contribution in [0.25, 0.3) is 0 Å². The molecule has 1 atom stereocenters. The Bertz CT molecular complexity index is 356. The SMILES string of the molecule is CCNC(c1ccccc1Cl)C1CCCCCC1. The van der Waals surface area contributed by atoms with E-state index in [0.717, 1.165) is 17.5 Å². The van der Waals surface area contributed by atoms with E-state index < -0.39 is 0 Å². The molecule has 0 saturated heterocycles. The summed E-state index contributed by atoms with van der Waals surface area (Å²) in [4.78, 5) is 0. The Hall–Kier alpha value is -0.530. The van der Waals surface area contributed by atoms with Crippen LogP contribution >= 0.6 is 11.6 Å². The van der Waals surface area contributed by atoms with Gasteiger partial charge in [0.05, 0.1) is 0 Å². The fourth-order valence-electron chi connectivity index (χ4n) is 3.12. The molecule has 0 heterocycles. The fraction of sp³-hybridized carbons (Fsp3) is 0.625. The highest BCUT2D eigenvalue weighted by molar-refractivity contribution is 6.31. The molecule has 1 fully saturated rings. The Morgan fingerprint density at radius 1 is 1.17 bits per heavy atom. The Balaban J connectivity index is 2.18. The first kappa shape index (κ1) is 13.9. The third-order valence-corrected chi connectivity index (χ3v) is 4.38. The molecule has 100 valence electrons. The van der Waals surface area contributed by atoms with Crippen LogP contribution < -0.4 is 5.32 Å². The Morgan fingerprint density at radius 3 is 2.44 bits per heavy atom. The van der Waals surface area contributed by atoms with Crippen LogP contribution in [0.5, 0.6) is 0 Å². The van der Waals surface area contributed by atoms with Crippen molar-refractivity contribution in [3.8, 4) is 0 Å². The van der Waals surface area contributed by atoms with E-state index >= 15 is 0 Å². The van der Waals surface area contributed by atoms with Gasteiger partial charge in [0.15, 0.2) is 0 Å². The maximum absolute atomic E-state index is 6.37. The van der Waals surface area contributed by atoms with Crippen molar-refractivity contribution in [2.24, 2.45) is 5.92 Å². The van der Waals surface area contributed by atoms with Gasteiger partial charge in [0.2, 0.25) is 0 Å². The quantitative estimate of drug-likeness (QED) is 0.759. The topological polar surface area (TPSA) is 12.0 Å². The average Bonchev–Trinajstić information content (AvgIpc) is 2.66. The maximum Gasteiger partial charge on any atom is 0.0453 e. The number of halogens is 1. The Morgan fingerprint density at radius 2 is 1.83 bits per heavy atom. The Kier molecular flexibility index (Phi) is 5.52. The third kappa shape index (κ3) is 3.49. The summed E-state index contributed by atoms with van der Waals surface area (Å²) in [5.41, 5.74) is 1.29. The van der Waals surface area contributed by atoms with Gasteiger partial charge in [-0.1, -0.05) is 62.4 Å². The zero-order valence-electron chi connectivity index (χ0n) is 11.3. The van der Waals surface area contributed by atoms with E-state index in [1.807, 2.05) is 12.1 Å². The van der Waals surface area contributed by atoms with E-state index in [1.54, 1.807) is 0 Å². The van der Waals surface area contributed by atoms with Crippen LogP contribution in [-0.4, -0.2) is 6.54 Å². The molecule has 1 unspecified atom stereocenters. The largest absolute Gasteiger partial charge is 0.310 e. The summed E-state index contributed by atoms with van der Waals surface area (Å²) in [6.07, 6.45) is 8.22. The van der Waals surface area contributed by atoms with Crippen molar-refractivity contribution in [3.63, 3.8) is 0 Å². The maximum atomic E-state index is 6.37. The smallest absolute Gasteiger partial charge is 0.0453 e. The number of nitrogens with one attached hydrogen (secondary N) is 1. The monoisotopic (exact) mass is 265 g/mol. The van der Waals surface area contributed by atoms with Crippen molar-refractivity contribution in [3.05, 3.63) is 34.9 Å². The van der Waals surface area contributed by atoms with Gasteiger partial charge in [-0.25, -0.2) is 0 Å². The van der Waals surface area contributed by atoms with Crippen LogP contribution in [0.4, 0.5) is 0 Å². The summed E-state index contributed by atoms with van der Waals surface area (Å²) in [6.45, 7) is 3.19. The van der Waals surface area contributed by atoms with Crippen molar-refractivity contribution in [1.29, 1.82) is 0 Å². The van der Waals surface area contributed by atoms with E-state index in [-0.39, 0.29) is 0 Å². The lowest BCUT2D eigenvalue weighted by molar-refractivity contribution is 0.330. The van der Waals surface area contributed by atoms with Gasteiger partial charge in [0.25, 0.3) is 0 Å². The predicted octanol–water partition coefficient (Wildman–Crippen LogP) is 4.96. The molecule has 2 rings (SSSR count). The molecule has 1 N–H and O–H groups in total. The zero-order chi connectivity index (χ0) is 12.8. The second kappa shape index (κ2) is 7.16. The molecule has 1 aliphatic carbocycles. The van der Waals surface area contributed by atoms with Crippen LogP contribution in [-0.2, 0) is 0 Å². The Labute approximate surface area is 116 Å². The fourth-order valence-corrected chi connectivity index (χ4v) is 3.38. The lowest BCUT2D eigenvalue weighted by Gasteiger charge is -2.28. The van der Waals surface area contributed by atoms with E-state index in [0.29, 0.717) is 6.04 Å². The molecular weight excluding hydrogens is 242 g/mol. The highest BCUT2D eigenvalue weighted by Gasteiger charge is 2.24. The molecule has 0 aromatic heterocycles. The van der Waals surface area contributed by atoms with Crippen LogP contribution in [0.2, 0.25) is 5.02 Å². The van der Waals surface area contributed by atoms with Gasteiger partial charge in [-0.05, 0) is 36.9 Å². The lowest BCUT2D eigenvalue weighted by atomic mass is 9.87. The number of hydrogen-bond donors (Lipinski definition) is 1. The summed E-state index contributed by atoms with van der Waals surface area (Å²) < 4.78 is 0. The van der Waals surface area contributed by atoms with Gasteiger partial charge in [-0.3, -0.25) is 0 Å². The van der Waals surface area contributed by atoms with Gasteiger partial charge in [0.1, 0.15) is 0 Å². The number of rotatable bonds is 4. The normalized spacial score (nSPS) is 19.4. The summed E-state index contributed by atoms with van der Waals surface area (Å²) >= 11 is 6.37. The molecule has 18 heavy (non-hydrogen) atoms. The van der Waals surface area contributed by atoms with E-state index in [1.165, 1.54) is 44.1 Å². The second-order valence-corrected chi connectivity index (χ2v) is 5.72. The van der Waals surface area contributed by atoms with E-state index in [4.69, 9.17) is 11.6 Å². The molecule has 0 amide bonds. The first-order valence-corrected chi connectivity index (χ1v) is 7.68. The summed E-state index contributed by atoms with van der Waals surface area (Å²) in [7, 11) is 0. The second-order valence-electron chi connectivity index (χ2n) is 5.31. The molecule has 1 aromatic carbocycles. The summed E-state index contributed by atoms with van der Waals surface area (Å²) in [6, 6.07) is 8.74. The number of hydrogen-bond acceptors (Lipinski definition) is 1. The third-order valence-electron chi connectivity index (χ3n) is 4.04. The minimum Gasteiger partial charge on any atom is -0.310 e. The molecule has 1 aromatic rings. The average molecular weight is 266 g/mol. The molecule has 1 nitrogen and oxygen atoms in total. The molecule has 2 heteroatoms. The first-order chi connectivity index (χ1) is 8.83. The highest BCUT2D eigenvalue weighted by Crippen LogP contribution is 2.36. The minimum atomic E-state index is 0.432. The van der Waals surface area contributed by atoms with Crippen LogP contribution in [0, 0.1) is 5.92 Å². The minimum absolute atomic E-state index is 0.432. The highest BCUT2D eigenvalue weighted by atomic mass is 35.5. The number of benzene rings is 1. The molecule has 1 aliphatic rings. The molecule has 1 saturated carbocycles. The van der Waals surface area contributed by atoms with Crippen LogP contribution in [0.15, 0.2) is 24.3 Å². The van der Waals surface area contributed by atoms with Crippen molar-refractivity contribution in [2.75, 3.05) is 6.54 Å². The van der Waals surface area contributed by atoms with Gasteiger partial charge < -0.3 is 5.32 Å². The standard InChI is InChI=1S/C16H24ClN/c1-2-18-16(13-9-5-3-4-6-10-13)14-11-7-8-12-15(14)17/h7-8,11-13,16,18H,2-6,9-10H2,1H3. The van der Waals surface area contributed by atoms with Gasteiger partial charge in [0, 0.05) is 11.1 Å². The molecule has 0 bridgehead atoms. The summed E-state index contributed by atoms with van der Waals surface area (Å²) in [5, 5.41) is 4.56. The van der Waals surface area contributed by atoms with Crippen molar-refractivity contribution >= 4 is 11.6 Å². The summed E-state index contributed by atoms with van der Waals surface area (Å²) in [5.74, 6) is 0.743. The van der Waals surface area contributed by atoms with Crippen LogP contribution in [0.1, 0.15) is 57.1 Å². The predicted molar refractivity (Wildman–Crippen MR) is 79.1 cm³/mol. The van der Waals surface area contributed by atoms with E-state index in [2.05, 4.69) is 24.4 Å². The molecular formula is C16H24ClN. The molecule has 0 radical (unpaired) electrons. The van der Waals surface area contributed by atoms with Crippen molar-refractivity contribution in [1.82, 2.24) is 5.32 Å². The van der Waals surface area contributed by atoms with Gasteiger partial charge in [-0.15, -0.1) is 0 Å². The van der Waals surface area contributed by atoms with Gasteiger partial charge in [-0.2, -0.15) is 0 Å².